The molecule has 1 aliphatic heterocycles. The Hall–Kier alpha value is -3.48. The van der Waals surface area contributed by atoms with E-state index in [1.165, 1.54) is 32.9 Å². The molecule has 3 heteroatoms. The average molecular weight is 600 g/mol. The van der Waals surface area contributed by atoms with Crippen LogP contribution in [0, 0.1) is 26.2 Å². The second-order valence-electron chi connectivity index (χ2n) is 14.8. The Bertz CT molecular complexity index is 1860. The van der Waals surface area contributed by atoms with Crippen molar-refractivity contribution in [2.45, 2.75) is 79.3 Å². The highest BCUT2D eigenvalue weighted by Gasteiger charge is 2.57. The molecule has 2 unspecified atom stereocenters. The molecule has 1 fully saturated rings. The second kappa shape index (κ2) is 10.8. The third-order valence-electron chi connectivity index (χ3n) is 9.83. The lowest BCUT2D eigenvalue weighted by Gasteiger charge is -2.45. The van der Waals surface area contributed by atoms with Crippen molar-refractivity contribution in [1.29, 1.82) is 0 Å². The first-order valence-corrected chi connectivity index (χ1v) is 17.4. The Morgan fingerprint density at radius 3 is 1.84 bits per heavy atom. The van der Waals surface area contributed by atoms with E-state index in [4.69, 9.17) is 4.99 Å². The van der Waals surface area contributed by atoms with Crippen LogP contribution >= 0.6 is 7.92 Å². The van der Waals surface area contributed by atoms with Crippen LogP contribution in [-0.4, -0.2) is 21.9 Å². The van der Waals surface area contributed by atoms with Crippen LogP contribution in [0.3, 0.4) is 0 Å². The molecular formula is C41H46NOP. The molecule has 226 valence electrons. The third-order valence-corrected chi connectivity index (χ3v) is 13.1. The Morgan fingerprint density at radius 2 is 1.30 bits per heavy atom. The van der Waals surface area contributed by atoms with Gasteiger partial charge in [0.1, 0.15) is 5.75 Å². The average Bonchev–Trinajstić information content (AvgIpc) is 3.35. The van der Waals surface area contributed by atoms with Gasteiger partial charge in [-0.25, -0.2) is 0 Å². The van der Waals surface area contributed by atoms with Gasteiger partial charge in [0.2, 0.25) is 0 Å². The Morgan fingerprint density at radius 1 is 0.727 bits per heavy atom. The summed E-state index contributed by atoms with van der Waals surface area (Å²) in [7, 11) is -0.575. The van der Waals surface area contributed by atoms with E-state index in [2.05, 4.69) is 147 Å². The summed E-state index contributed by atoms with van der Waals surface area (Å²) in [6.45, 7) is 20.7. The lowest BCUT2D eigenvalue weighted by molar-refractivity contribution is 0.253. The van der Waals surface area contributed by atoms with Crippen LogP contribution in [0.1, 0.15) is 70.2 Å². The minimum absolute atomic E-state index is 0.0900. The number of aryl methyl sites for hydroxylation is 3. The largest absolute Gasteiger partial charge is 0.507 e. The molecule has 2 atom stereocenters. The maximum atomic E-state index is 12.6. The number of fused-ring (bicyclic) bond motifs is 2. The molecule has 2 nitrogen and oxygen atoms in total. The predicted octanol–water partition coefficient (Wildman–Crippen LogP) is 12.0. The third kappa shape index (κ3) is 4.87. The molecule has 1 saturated heterocycles. The normalized spacial score (nSPS) is 20.2. The van der Waals surface area contributed by atoms with Crippen molar-refractivity contribution in [3.8, 4) is 16.9 Å². The zero-order chi connectivity index (χ0) is 31.6. The zero-order valence-electron chi connectivity index (χ0n) is 27.8. The summed E-state index contributed by atoms with van der Waals surface area (Å²) in [6, 6.07) is 30.3. The van der Waals surface area contributed by atoms with E-state index in [1.807, 2.05) is 0 Å². The molecule has 0 radical (unpaired) electrons. The van der Waals surface area contributed by atoms with Crippen LogP contribution in [-0.2, 0) is 5.41 Å². The first kappa shape index (κ1) is 30.5. The quantitative estimate of drug-likeness (QED) is 0.162. The van der Waals surface area contributed by atoms with Crippen LogP contribution in [0.5, 0.6) is 5.75 Å². The molecule has 0 saturated carbocycles. The zero-order valence-corrected chi connectivity index (χ0v) is 28.7. The van der Waals surface area contributed by atoms with Crippen LogP contribution in [0.25, 0.3) is 32.7 Å². The smallest absolute Gasteiger partial charge is 0.127 e. The molecule has 44 heavy (non-hydrogen) atoms. The number of hydrogen-bond acceptors (Lipinski definition) is 2. The molecule has 6 rings (SSSR count). The van der Waals surface area contributed by atoms with Crippen molar-refractivity contribution >= 4 is 40.6 Å². The molecule has 1 heterocycles. The van der Waals surface area contributed by atoms with Crippen molar-refractivity contribution in [1.82, 2.24) is 0 Å². The number of phenolic OH excluding ortho intramolecular Hbond substituents is 1. The van der Waals surface area contributed by atoms with Gasteiger partial charge in [-0.05, 0) is 82.7 Å². The van der Waals surface area contributed by atoms with Gasteiger partial charge in [-0.1, -0.05) is 134 Å². The number of benzene rings is 5. The first-order valence-electron chi connectivity index (χ1n) is 15.9. The van der Waals surface area contributed by atoms with Crippen LogP contribution in [0.15, 0.2) is 89.9 Å². The highest BCUT2D eigenvalue weighted by atomic mass is 31.1. The van der Waals surface area contributed by atoms with Crippen molar-refractivity contribution in [2.24, 2.45) is 10.4 Å². The topological polar surface area (TPSA) is 32.6 Å². The van der Waals surface area contributed by atoms with Crippen molar-refractivity contribution in [3.63, 3.8) is 0 Å². The number of nitrogens with zero attached hydrogens (tertiary/aromatic N) is 1. The van der Waals surface area contributed by atoms with E-state index < -0.39 is 13.3 Å². The van der Waals surface area contributed by atoms with E-state index in [0.717, 1.165) is 45.7 Å². The van der Waals surface area contributed by atoms with E-state index in [1.54, 1.807) is 0 Å². The lowest BCUT2D eigenvalue weighted by Crippen LogP contribution is -2.44. The van der Waals surface area contributed by atoms with Crippen LogP contribution < -0.4 is 0 Å². The molecule has 0 aliphatic carbocycles. The number of phenols is 1. The van der Waals surface area contributed by atoms with E-state index in [9.17, 15) is 5.11 Å². The molecule has 0 spiro atoms. The Labute approximate surface area is 265 Å². The van der Waals surface area contributed by atoms with Crippen LogP contribution in [0.2, 0.25) is 0 Å². The van der Waals surface area contributed by atoms with Crippen molar-refractivity contribution < 1.29 is 5.11 Å². The standard InChI is InChI=1S/C41H46NOP/c1-26-23-27(2)36(28(3)24-26)42-38-41(39(4,5)6,21-22-44(38)40(7,8)9)34-20-14-19-33(37(34)43)35-31-17-12-10-15-29(31)25-30-16-11-13-18-32(30)35/h10-20,23-25,43H,21-22H2,1-9H3. The summed E-state index contributed by atoms with van der Waals surface area (Å²) in [5.41, 5.74) is 8.47. The summed E-state index contributed by atoms with van der Waals surface area (Å²) in [4.78, 5) is 5.72. The minimum Gasteiger partial charge on any atom is -0.507 e. The molecular weight excluding hydrogens is 553 g/mol. The van der Waals surface area contributed by atoms with Gasteiger partial charge in [0.25, 0.3) is 0 Å². The van der Waals surface area contributed by atoms with Crippen molar-refractivity contribution in [3.05, 3.63) is 107 Å². The van der Waals surface area contributed by atoms with Gasteiger partial charge in [-0.15, -0.1) is 0 Å². The van der Waals surface area contributed by atoms with Gasteiger partial charge in [0.15, 0.2) is 0 Å². The fraction of sp³-hybridized carbons (Fsp3) is 0.341. The summed E-state index contributed by atoms with van der Waals surface area (Å²) in [6.07, 6.45) is 2.06. The number of aliphatic imine (C=N–C) groups is 1. The van der Waals surface area contributed by atoms with E-state index in [0.29, 0.717) is 5.75 Å². The lowest BCUT2D eigenvalue weighted by atomic mass is 9.61. The molecule has 0 bridgehead atoms. The van der Waals surface area contributed by atoms with Gasteiger partial charge in [0.05, 0.1) is 11.1 Å². The molecule has 5 aromatic carbocycles. The van der Waals surface area contributed by atoms with Crippen LogP contribution in [0.4, 0.5) is 5.69 Å². The second-order valence-corrected chi connectivity index (χ2v) is 17.9. The SMILES string of the molecule is Cc1cc(C)c(N=C2P(C(C)(C)C)CCC2(c2cccc(-c3c4ccccc4cc4ccccc34)c2O)C(C)(C)C)c(C)c1. The van der Waals surface area contributed by atoms with Gasteiger partial charge >= 0.3 is 0 Å². The summed E-state index contributed by atoms with van der Waals surface area (Å²) in [5.74, 6) is 0.389. The Balaban J connectivity index is 1.69. The monoisotopic (exact) mass is 599 g/mol. The molecule has 0 aromatic heterocycles. The number of aromatic hydroxyl groups is 1. The maximum Gasteiger partial charge on any atom is 0.127 e. The van der Waals surface area contributed by atoms with Crippen molar-refractivity contribution in [2.75, 3.05) is 6.16 Å². The number of para-hydroxylation sites is 1. The van der Waals surface area contributed by atoms with E-state index in [-0.39, 0.29) is 10.6 Å². The maximum absolute atomic E-state index is 12.6. The molecule has 5 aromatic rings. The first-order chi connectivity index (χ1) is 20.7. The number of rotatable bonds is 3. The summed E-state index contributed by atoms with van der Waals surface area (Å²) in [5, 5.41) is 17.4. The Kier molecular flexibility index (Phi) is 7.53. The molecule has 0 amide bonds. The fourth-order valence-electron chi connectivity index (χ4n) is 7.75. The van der Waals surface area contributed by atoms with Gasteiger partial charge in [-0.3, -0.25) is 4.99 Å². The highest BCUT2D eigenvalue weighted by molar-refractivity contribution is 7.77. The fourth-order valence-corrected chi connectivity index (χ4v) is 11.1. The van der Waals surface area contributed by atoms with Gasteiger partial charge in [0, 0.05) is 22.1 Å². The van der Waals surface area contributed by atoms with Gasteiger partial charge in [-0.2, -0.15) is 0 Å². The van der Waals surface area contributed by atoms with E-state index >= 15 is 0 Å². The molecule has 1 N–H and O–H groups in total. The minimum atomic E-state index is -0.575. The highest BCUT2D eigenvalue weighted by Crippen LogP contribution is 2.68. The summed E-state index contributed by atoms with van der Waals surface area (Å²) < 4.78 is 0. The van der Waals surface area contributed by atoms with Gasteiger partial charge < -0.3 is 5.11 Å². The molecule has 1 aliphatic rings. The summed E-state index contributed by atoms with van der Waals surface area (Å²) >= 11 is 0. The number of hydrogen-bond donors (Lipinski definition) is 1. The predicted molar refractivity (Wildman–Crippen MR) is 194 cm³/mol.